The maximum Gasteiger partial charge on any atom is 0.394 e. The third kappa shape index (κ3) is 50.1. The molecular formula is H2BaO4SSr. The monoisotopic (exact) mass is 324 g/mol. The zero-order chi connectivity index (χ0) is 4.50. The van der Waals surface area contributed by atoms with Crippen molar-refractivity contribution in [2.75, 3.05) is 0 Å². The molecule has 0 aromatic heterocycles. The van der Waals surface area contributed by atoms with Gasteiger partial charge in [-0.25, -0.2) is 0 Å². The van der Waals surface area contributed by atoms with Crippen LogP contribution in [0.4, 0.5) is 0 Å². The van der Waals surface area contributed by atoms with E-state index in [2.05, 4.69) is 0 Å². The fourth-order valence-electron chi connectivity index (χ4n) is 0. The predicted molar refractivity (Wildman–Crippen MR) is 25.7 cm³/mol. The van der Waals surface area contributed by atoms with Crippen LogP contribution in [0.25, 0.3) is 0 Å². The summed E-state index contributed by atoms with van der Waals surface area (Å²) in [4.78, 5) is 0. The van der Waals surface area contributed by atoms with Gasteiger partial charge in [-0.05, 0) is 0 Å². The fraction of sp³-hybridized carbons (Fsp3) is 0. The summed E-state index contributed by atoms with van der Waals surface area (Å²) in [5.41, 5.74) is 0. The van der Waals surface area contributed by atoms with Gasteiger partial charge in [-0.2, -0.15) is 8.42 Å². The van der Waals surface area contributed by atoms with Crippen LogP contribution in [0.2, 0.25) is 0 Å². The fourth-order valence-corrected chi connectivity index (χ4v) is 0. The van der Waals surface area contributed by atoms with Gasteiger partial charge in [-0.3, -0.25) is 9.11 Å². The summed E-state index contributed by atoms with van der Waals surface area (Å²) in [6.07, 6.45) is 0. The summed E-state index contributed by atoms with van der Waals surface area (Å²) < 4.78 is 31.6. The van der Waals surface area contributed by atoms with E-state index in [4.69, 9.17) is 17.5 Å². The van der Waals surface area contributed by atoms with Crippen molar-refractivity contribution in [1.29, 1.82) is 0 Å². The molecule has 0 unspecified atom stereocenters. The third-order valence-corrected chi connectivity index (χ3v) is 0. The second-order valence-corrected chi connectivity index (χ2v) is 1.34. The average Bonchev–Trinajstić information content (AvgIpc) is 0.722. The zero-order valence-corrected chi connectivity index (χ0v) is 12.3. The molecule has 0 aromatic carbocycles. The van der Waals surface area contributed by atoms with Crippen LogP contribution in [0.15, 0.2) is 0 Å². The van der Waals surface area contributed by atoms with E-state index >= 15 is 0 Å². The maximum atomic E-state index is 8.74. The molecule has 7 heteroatoms. The summed E-state index contributed by atoms with van der Waals surface area (Å²) in [5.74, 6) is 0. The van der Waals surface area contributed by atoms with Gasteiger partial charge in [0, 0.05) is 94.4 Å². The van der Waals surface area contributed by atoms with Gasteiger partial charge in [-0.15, -0.1) is 0 Å². The Balaban J connectivity index is -0.0000000800. The second-order valence-electron chi connectivity index (χ2n) is 0.448. The van der Waals surface area contributed by atoms with Crippen molar-refractivity contribution >= 4 is 105 Å². The predicted octanol–water partition coefficient (Wildman–Crippen LogP) is -1.41. The van der Waals surface area contributed by atoms with E-state index in [1.54, 1.807) is 0 Å². The Kier molecular flexibility index (Phi) is 16.6. The van der Waals surface area contributed by atoms with Gasteiger partial charge in [-0.1, -0.05) is 0 Å². The summed E-state index contributed by atoms with van der Waals surface area (Å²) in [5, 5.41) is 0. The number of hydrogen-bond donors (Lipinski definition) is 2. The van der Waals surface area contributed by atoms with Crippen LogP contribution in [-0.4, -0.2) is 112 Å². The first-order valence-corrected chi connectivity index (χ1v) is 2.10. The standard InChI is InChI=1S/Ba.H2O4S.Sr/c;1-5(2,3)4;/h;(H2,1,2,3,4);. The van der Waals surface area contributed by atoms with E-state index in [9.17, 15) is 0 Å². The van der Waals surface area contributed by atoms with E-state index in [1.165, 1.54) is 0 Å². The Labute approximate surface area is 119 Å². The number of hydrogen-bond acceptors (Lipinski definition) is 2. The summed E-state index contributed by atoms with van der Waals surface area (Å²) in [7, 11) is -4.67. The minimum atomic E-state index is -4.67. The minimum absolute atomic E-state index is 0. The molecule has 0 aromatic rings. The van der Waals surface area contributed by atoms with Crippen LogP contribution in [0.3, 0.4) is 0 Å². The molecule has 4 nitrogen and oxygen atoms in total. The summed E-state index contributed by atoms with van der Waals surface area (Å²) in [6, 6.07) is 0. The first-order valence-electron chi connectivity index (χ1n) is 0.698. The molecule has 4 radical (unpaired) electrons. The van der Waals surface area contributed by atoms with Crippen LogP contribution >= 0.6 is 0 Å². The van der Waals surface area contributed by atoms with Crippen LogP contribution in [0.5, 0.6) is 0 Å². The molecule has 2 N–H and O–H groups in total. The van der Waals surface area contributed by atoms with E-state index in [1.807, 2.05) is 0 Å². The molecule has 0 aliphatic carbocycles. The molecule has 0 rings (SSSR count). The van der Waals surface area contributed by atoms with E-state index in [-0.39, 0.29) is 94.4 Å². The van der Waals surface area contributed by atoms with Crippen molar-refractivity contribution in [2.24, 2.45) is 0 Å². The van der Waals surface area contributed by atoms with Gasteiger partial charge in [0.2, 0.25) is 0 Å². The normalized spacial score (nSPS) is 8.29. The van der Waals surface area contributed by atoms with Gasteiger partial charge in [0.1, 0.15) is 0 Å². The molecule has 36 valence electrons. The van der Waals surface area contributed by atoms with Crippen molar-refractivity contribution in [3.63, 3.8) is 0 Å². The number of rotatable bonds is 0. The Hall–Kier alpha value is 2.92. The van der Waals surface area contributed by atoms with Gasteiger partial charge < -0.3 is 0 Å². The van der Waals surface area contributed by atoms with Crippen molar-refractivity contribution in [3.8, 4) is 0 Å². The van der Waals surface area contributed by atoms with Crippen molar-refractivity contribution < 1.29 is 17.5 Å². The average molecular weight is 323 g/mol. The molecule has 0 aliphatic rings. The van der Waals surface area contributed by atoms with Gasteiger partial charge in [0.05, 0.1) is 0 Å². The Bertz CT molecular complexity index is 94.9. The van der Waals surface area contributed by atoms with Crippen LogP contribution < -0.4 is 0 Å². The molecule has 0 heterocycles. The van der Waals surface area contributed by atoms with Crippen LogP contribution in [0.1, 0.15) is 0 Å². The third-order valence-electron chi connectivity index (χ3n) is 0. The molecular weight excluding hydrogens is 321 g/mol. The van der Waals surface area contributed by atoms with Crippen molar-refractivity contribution in [1.82, 2.24) is 0 Å². The Morgan fingerprint density at radius 2 is 1.14 bits per heavy atom. The summed E-state index contributed by atoms with van der Waals surface area (Å²) in [6.45, 7) is 0. The molecule has 0 atom stereocenters. The second kappa shape index (κ2) is 7.03. The largest absolute Gasteiger partial charge is 0.394 e. The molecule has 0 bridgehead atoms. The van der Waals surface area contributed by atoms with Gasteiger partial charge in [0.25, 0.3) is 0 Å². The quantitative estimate of drug-likeness (QED) is 0.424. The molecule has 0 saturated heterocycles. The van der Waals surface area contributed by atoms with E-state index in [0.29, 0.717) is 0 Å². The molecule has 0 amide bonds. The molecule has 0 fully saturated rings. The van der Waals surface area contributed by atoms with Crippen molar-refractivity contribution in [3.05, 3.63) is 0 Å². The maximum absolute atomic E-state index is 8.74. The smallest absolute Gasteiger partial charge is 0.264 e. The minimum Gasteiger partial charge on any atom is -0.264 e. The van der Waals surface area contributed by atoms with Crippen LogP contribution in [-0.2, 0) is 10.4 Å². The summed E-state index contributed by atoms with van der Waals surface area (Å²) >= 11 is 0. The molecule has 0 aliphatic heterocycles. The first-order chi connectivity index (χ1) is 2.00. The van der Waals surface area contributed by atoms with Crippen LogP contribution in [0, 0.1) is 0 Å². The topological polar surface area (TPSA) is 74.6 Å². The van der Waals surface area contributed by atoms with Gasteiger partial charge in [0.15, 0.2) is 0 Å². The Morgan fingerprint density at radius 1 is 1.14 bits per heavy atom. The first kappa shape index (κ1) is 16.5. The molecule has 7 heavy (non-hydrogen) atoms. The van der Waals surface area contributed by atoms with Crippen molar-refractivity contribution in [2.45, 2.75) is 0 Å². The molecule has 0 spiro atoms. The van der Waals surface area contributed by atoms with E-state index < -0.39 is 10.4 Å². The molecule has 0 saturated carbocycles. The zero-order valence-electron chi connectivity index (χ0n) is 3.53. The van der Waals surface area contributed by atoms with Gasteiger partial charge >= 0.3 is 10.4 Å². The SMILES string of the molecule is O=S(=O)(O)O.[Ba].[Sr]. The Morgan fingerprint density at radius 3 is 1.14 bits per heavy atom. The van der Waals surface area contributed by atoms with E-state index in [0.717, 1.165) is 0 Å².